The van der Waals surface area contributed by atoms with E-state index in [1.54, 1.807) is 6.20 Å². The fourth-order valence-electron chi connectivity index (χ4n) is 2.49. The van der Waals surface area contributed by atoms with Gasteiger partial charge < -0.3 is 5.32 Å². The molecule has 1 unspecified atom stereocenters. The van der Waals surface area contributed by atoms with Crippen molar-refractivity contribution >= 4 is 11.7 Å². The molecule has 0 aromatic carbocycles. The summed E-state index contributed by atoms with van der Waals surface area (Å²) in [6.07, 6.45) is 6.66. The molecule has 2 rings (SSSR count). The quantitative estimate of drug-likeness (QED) is 0.909. The normalized spacial score (nSPS) is 18.6. The van der Waals surface area contributed by atoms with Gasteiger partial charge in [-0.3, -0.25) is 9.69 Å². The van der Waals surface area contributed by atoms with Gasteiger partial charge in [0.15, 0.2) is 0 Å². The summed E-state index contributed by atoms with van der Waals surface area (Å²) in [5, 5.41) is 2.94. The zero-order valence-electron chi connectivity index (χ0n) is 11.9. The molecule has 0 aliphatic carbocycles. The molecule has 1 amide bonds. The zero-order chi connectivity index (χ0) is 13.7. The molecule has 1 saturated heterocycles. The summed E-state index contributed by atoms with van der Waals surface area (Å²) in [6, 6.07) is 3.75. The molecule has 1 aromatic heterocycles. The summed E-state index contributed by atoms with van der Waals surface area (Å²) in [7, 11) is 0. The highest BCUT2D eigenvalue weighted by atomic mass is 16.2. The van der Waals surface area contributed by atoms with Crippen LogP contribution in [0.1, 0.15) is 38.2 Å². The van der Waals surface area contributed by atoms with E-state index >= 15 is 0 Å². The third kappa shape index (κ3) is 3.77. The van der Waals surface area contributed by atoms with Gasteiger partial charge in [-0.15, -0.1) is 0 Å². The number of rotatable bonds is 3. The number of pyridine rings is 1. The van der Waals surface area contributed by atoms with Crippen molar-refractivity contribution in [1.82, 2.24) is 9.88 Å². The van der Waals surface area contributed by atoms with Crippen molar-refractivity contribution in [3.05, 3.63) is 23.9 Å². The average molecular weight is 261 g/mol. The summed E-state index contributed by atoms with van der Waals surface area (Å²) in [6.45, 7) is 5.99. The molecular formula is C15H23N3O. The lowest BCUT2D eigenvalue weighted by Crippen LogP contribution is -2.42. The Morgan fingerprint density at radius 2 is 2.00 bits per heavy atom. The van der Waals surface area contributed by atoms with Crippen LogP contribution in [0, 0.1) is 6.92 Å². The van der Waals surface area contributed by atoms with Gasteiger partial charge in [0.25, 0.3) is 0 Å². The van der Waals surface area contributed by atoms with Crippen molar-refractivity contribution in [3.8, 4) is 0 Å². The van der Waals surface area contributed by atoms with Crippen molar-refractivity contribution in [3.63, 3.8) is 0 Å². The number of likely N-dealkylation sites (tertiary alicyclic amines) is 1. The lowest BCUT2D eigenvalue weighted by atomic mass is 10.2. The highest BCUT2D eigenvalue weighted by molar-refractivity contribution is 5.94. The van der Waals surface area contributed by atoms with Gasteiger partial charge in [0.1, 0.15) is 5.82 Å². The van der Waals surface area contributed by atoms with E-state index in [4.69, 9.17) is 0 Å². The second-order valence-electron chi connectivity index (χ2n) is 5.28. The summed E-state index contributed by atoms with van der Waals surface area (Å²) < 4.78 is 0. The molecule has 2 heterocycles. The molecule has 104 valence electrons. The number of nitrogens with one attached hydrogen (secondary N) is 1. The second kappa shape index (κ2) is 6.66. The largest absolute Gasteiger partial charge is 0.309 e. The van der Waals surface area contributed by atoms with E-state index in [-0.39, 0.29) is 11.9 Å². The lowest BCUT2D eigenvalue weighted by Gasteiger charge is -2.26. The number of anilines is 1. The minimum absolute atomic E-state index is 0.0451. The first-order chi connectivity index (χ1) is 9.18. The van der Waals surface area contributed by atoms with Crippen LogP contribution in [0.25, 0.3) is 0 Å². The standard InChI is InChI=1S/C15H23N3O/c1-12-8-7-9-16-14(12)17-15(19)13(2)18-10-5-3-4-6-11-18/h7-9,13H,3-6,10-11H2,1-2H3,(H,16,17,19). The van der Waals surface area contributed by atoms with Gasteiger partial charge in [-0.25, -0.2) is 4.98 Å². The smallest absolute Gasteiger partial charge is 0.242 e. The van der Waals surface area contributed by atoms with E-state index in [1.165, 1.54) is 25.7 Å². The van der Waals surface area contributed by atoms with Crippen LogP contribution in [0.15, 0.2) is 18.3 Å². The highest BCUT2D eigenvalue weighted by Gasteiger charge is 2.22. The Morgan fingerprint density at radius 3 is 2.63 bits per heavy atom. The summed E-state index contributed by atoms with van der Waals surface area (Å²) in [5.41, 5.74) is 0.999. The molecule has 4 nitrogen and oxygen atoms in total. The Hall–Kier alpha value is -1.42. The topological polar surface area (TPSA) is 45.2 Å². The maximum absolute atomic E-state index is 12.3. The van der Waals surface area contributed by atoms with Gasteiger partial charge in [0.2, 0.25) is 5.91 Å². The van der Waals surface area contributed by atoms with Crippen LogP contribution in [-0.4, -0.2) is 34.9 Å². The summed E-state index contributed by atoms with van der Waals surface area (Å²) >= 11 is 0. The van der Waals surface area contributed by atoms with Gasteiger partial charge in [0, 0.05) is 6.20 Å². The van der Waals surface area contributed by atoms with Crippen molar-refractivity contribution in [1.29, 1.82) is 0 Å². The van der Waals surface area contributed by atoms with E-state index in [9.17, 15) is 4.79 Å². The van der Waals surface area contributed by atoms with E-state index in [2.05, 4.69) is 15.2 Å². The maximum atomic E-state index is 12.3. The van der Waals surface area contributed by atoms with Crippen LogP contribution >= 0.6 is 0 Å². The molecule has 0 radical (unpaired) electrons. The van der Waals surface area contributed by atoms with Crippen molar-refractivity contribution < 1.29 is 4.79 Å². The minimum Gasteiger partial charge on any atom is -0.309 e. The van der Waals surface area contributed by atoms with E-state index in [1.807, 2.05) is 26.0 Å². The number of nitrogens with zero attached hydrogens (tertiary/aromatic N) is 2. The number of amides is 1. The molecule has 0 saturated carbocycles. The summed E-state index contributed by atoms with van der Waals surface area (Å²) in [5.74, 6) is 0.720. The molecule has 1 N–H and O–H groups in total. The van der Waals surface area contributed by atoms with Gasteiger partial charge in [-0.1, -0.05) is 18.9 Å². The Labute approximate surface area is 115 Å². The third-order valence-electron chi connectivity index (χ3n) is 3.82. The Bertz CT molecular complexity index is 425. The fourth-order valence-corrected chi connectivity index (χ4v) is 2.49. The van der Waals surface area contributed by atoms with Crippen LogP contribution in [0.4, 0.5) is 5.82 Å². The average Bonchev–Trinajstić information content (AvgIpc) is 2.69. The molecular weight excluding hydrogens is 238 g/mol. The predicted molar refractivity (Wildman–Crippen MR) is 77.1 cm³/mol. The molecule has 1 fully saturated rings. The van der Waals surface area contributed by atoms with Crippen LogP contribution < -0.4 is 5.32 Å². The number of carbonyl (C=O) groups excluding carboxylic acids is 1. The summed E-state index contributed by atoms with van der Waals surface area (Å²) in [4.78, 5) is 18.8. The van der Waals surface area contributed by atoms with Crippen LogP contribution in [0.5, 0.6) is 0 Å². The Morgan fingerprint density at radius 1 is 1.32 bits per heavy atom. The number of hydrogen-bond donors (Lipinski definition) is 1. The van der Waals surface area contributed by atoms with E-state index in [0.717, 1.165) is 18.7 Å². The molecule has 0 bridgehead atoms. The number of carbonyl (C=O) groups is 1. The van der Waals surface area contributed by atoms with Crippen LogP contribution in [0.3, 0.4) is 0 Å². The minimum atomic E-state index is -0.0838. The van der Waals surface area contributed by atoms with Crippen LogP contribution in [0.2, 0.25) is 0 Å². The Balaban J connectivity index is 1.97. The van der Waals surface area contributed by atoms with E-state index in [0.29, 0.717) is 5.82 Å². The molecule has 0 spiro atoms. The third-order valence-corrected chi connectivity index (χ3v) is 3.82. The highest BCUT2D eigenvalue weighted by Crippen LogP contribution is 2.15. The SMILES string of the molecule is Cc1cccnc1NC(=O)C(C)N1CCCCCC1. The molecule has 4 heteroatoms. The molecule has 1 aliphatic rings. The first-order valence-corrected chi connectivity index (χ1v) is 7.15. The second-order valence-corrected chi connectivity index (χ2v) is 5.28. The fraction of sp³-hybridized carbons (Fsp3) is 0.600. The number of hydrogen-bond acceptors (Lipinski definition) is 3. The zero-order valence-corrected chi connectivity index (χ0v) is 11.9. The monoisotopic (exact) mass is 261 g/mol. The first-order valence-electron chi connectivity index (χ1n) is 7.15. The van der Waals surface area contributed by atoms with Crippen LogP contribution in [-0.2, 0) is 4.79 Å². The first kappa shape index (κ1) is 14.0. The van der Waals surface area contributed by atoms with Gasteiger partial charge in [0.05, 0.1) is 6.04 Å². The molecule has 19 heavy (non-hydrogen) atoms. The Kier molecular flexibility index (Phi) is 4.91. The molecule has 1 atom stereocenters. The molecule has 1 aliphatic heterocycles. The van der Waals surface area contributed by atoms with Gasteiger partial charge in [-0.2, -0.15) is 0 Å². The number of aromatic nitrogens is 1. The van der Waals surface area contributed by atoms with Gasteiger partial charge >= 0.3 is 0 Å². The van der Waals surface area contributed by atoms with Crippen molar-refractivity contribution in [2.75, 3.05) is 18.4 Å². The maximum Gasteiger partial charge on any atom is 0.242 e. The molecule has 1 aromatic rings. The predicted octanol–water partition coefficient (Wildman–Crippen LogP) is 2.59. The van der Waals surface area contributed by atoms with Crippen molar-refractivity contribution in [2.45, 2.75) is 45.6 Å². The van der Waals surface area contributed by atoms with E-state index < -0.39 is 0 Å². The number of aryl methyl sites for hydroxylation is 1. The van der Waals surface area contributed by atoms with Crippen molar-refractivity contribution in [2.24, 2.45) is 0 Å². The van der Waals surface area contributed by atoms with Gasteiger partial charge in [-0.05, 0) is 51.4 Å². The lowest BCUT2D eigenvalue weighted by molar-refractivity contribution is -0.120.